The summed E-state index contributed by atoms with van der Waals surface area (Å²) in [4.78, 5) is 6.46. The smallest absolute Gasteiger partial charge is 0.120 e. The number of morpholine rings is 1. The molecule has 0 aromatic heterocycles. The van der Waals surface area contributed by atoms with Gasteiger partial charge in [-0.2, -0.15) is 0 Å². The van der Waals surface area contributed by atoms with E-state index in [1.165, 1.54) is 0 Å². The van der Waals surface area contributed by atoms with Crippen LogP contribution >= 0.6 is 0 Å². The number of allylic oxidation sites excluding steroid dienone is 2. The summed E-state index contributed by atoms with van der Waals surface area (Å²) >= 11 is 0. The molecule has 0 saturated carbocycles. The Kier molecular flexibility index (Phi) is 7.69. The first kappa shape index (κ1) is 16.5. The Morgan fingerprint density at radius 3 is 2.75 bits per heavy atom. The van der Waals surface area contributed by atoms with Crippen LogP contribution in [0.1, 0.15) is 13.3 Å². The SMILES string of the molecule is C=C/C(=C\C(=C)N=C(N)CC)OCCN1CCOCC1. The highest BCUT2D eigenvalue weighted by Gasteiger charge is 2.09. The molecule has 2 N–H and O–H groups in total. The molecule has 1 aliphatic heterocycles. The van der Waals surface area contributed by atoms with Gasteiger partial charge in [-0.3, -0.25) is 4.90 Å². The fourth-order valence-electron chi connectivity index (χ4n) is 1.74. The molecule has 0 spiro atoms. The van der Waals surface area contributed by atoms with Gasteiger partial charge in [-0.05, 0) is 6.08 Å². The van der Waals surface area contributed by atoms with Gasteiger partial charge in [-0.1, -0.05) is 20.1 Å². The highest BCUT2D eigenvalue weighted by atomic mass is 16.5. The minimum atomic E-state index is 0.558. The van der Waals surface area contributed by atoms with E-state index in [1.807, 2.05) is 6.92 Å². The molecule has 1 aliphatic rings. The molecule has 5 nitrogen and oxygen atoms in total. The molecule has 1 fully saturated rings. The average Bonchev–Trinajstić information content (AvgIpc) is 2.47. The van der Waals surface area contributed by atoms with Crippen molar-refractivity contribution in [2.24, 2.45) is 10.7 Å². The first-order chi connectivity index (χ1) is 9.65. The second kappa shape index (κ2) is 9.34. The van der Waals surface area contributed by atoms with Crippen molar-refractivity contribution in [2.75, 3.05) is 39.5 Å². The molecule has 112 valence electrons. The fourth-order valence-corrected chi connectivity index (χ4v) is 1.74. The van der Waals surface area contributed by atoms with E-state index in [9.17, 15) is 0 Å². The normalized spacial score (nSPS) is 17.9. The van der Waals surface area contributed by atoms with Crippen molar-refractivity contribution in [3.05, 3.63) is 36.8 Å². The van der Waals surface area contributed by atoms with Crippen LogP contribution in [0.3, 0.4) is 0 Å². The van der Waals surface area contributed by atoms with Gasteiger partial charge in [0.2, 0.25) is 0 Å². The maximum absolute atomic E-state index is 5.67. The van der Waals surface area contributed by atoms with Crippen LogP contribution in [-0.4, -0.2) is 50.2 Å². The molecule has 0 unspecified atom stereocenters. The highest BCUT2D eigenvalue weighted by molar-refractivity contribution is 5.81. The molecular formula is C15H25N3O2. The lowest BCUT2D eigenvalue weighted by molar-refractivity contribution is 0.0281. The number of hydrogen-bond donors (Lipinski definition) is 1. The van der Waals surface area contributed by atoms with E-state index in [0.29, 0.717) is 30.3 Å². The number of ether oxygens (including phenoxy) is 2. The number of nitrogens with zero attached hydrogens (tertiary/aromatic N) is 2. The predicted molar refractivity (Wildman–Crippen MR) is 82.5 cm³/mol. The summed E-state index contributed by atoms with van der Waals surface area (Å²) in [5.41, 5.74) is 6.24. The molecule has 1 saturated heterocycles. The second-order valence-corrected chi connectivity index (χ2v) is 4.50. The van der Waals surface area contributed by atoms with Crippen LogP contribution < -0.4 is 5.73 Å². The van der Waals surface area contributed by atoms with Gasteiger partial charge in [0.05, 0.1) is 24.7 Å². The van der Waals surface area contributed by atoms with Gasteiger partial charge in [-0.15, -0.1) is 0 Å². The van der Waals surface area contributed by atoms with E-state index in [-0.39, 0.29) is 0 Å². The van der Waals surface area contributed by atoms with Crippen molar-refractivity contribution < 1.29 is 9.47 Å². The summed E-state index contributed by atoms with van der Waals surface area (Å²) in [5.74, 6) is 1.22. The Morgan fingerprint density at radius 1 is 1.45 bits per heavy atom. The minimum Gasteiger partial charge on any atom is -0.492 e. The molecule has 20 heavy (non-hydrogen) atoms. The zero-order valence-electron chi connectivity index (χ0n) is 12.3. The first-order valence-electron chi connectivity index (χ1n) is 6.94. The van der Waals surface area contributed by atoms with E-state index in [2.05, 4.69) is 23.1 Å². The molecular weight excluding hydrogens is 254 g/mol. The van der Waals surface area contributed by atoms with Crippen molar-refractivity contribution in [3.8, 4) is 0 Å². The lowest BCUT2D eigenvalue weighted by Gasteiger charge is -2.26. The molecule has 0 aliphatic carbocycles. The average molecular weight is 279 g/mol. The molecule has 0 atom stereocenters. The van der Waals surface area contributed by atoms with E-state index >= 15 is 0 Å². The summed E-state index contributed by atoms with van der Waals surface area (Å²) < 4.78 is 11.0. The quantitative estimate of drug-likeness (QED) is 0.318. The van der Waals surface area contributed by atoms with Gasteiger partial charge in [0.15, 0.2) is 0 Å². The summed E-state index contributed by atoms with van der Waals surface area (Å²) in [6.07, 6.45) is 4.10. The first-order valence-corrected chi connectivity index (χ1v) is 6.94. The third kappa shape index (κ3) is 6.54. The Labute approximate surface area is 121 Å². The van der Waals surface area contributed by atoms with Crippen LogP contribution in [0.5, 0.6) is 0 Å². The predicted octanol–water partition coefficient (Wildman–Crippen LogP) is 1.69. The van der Waals surface area contributed by atoms with Gasteiger partial charge in [0, 0.05) is 32.1 Å². The molecule has 0 aromatic carbocycles. The number of nitrogens with two attached hydrogens (primary N) is 1. The van der Waals surface area contributed by atoms with Crippen LogP contribution in [0.2, 0.25) is 0 Å². The minimum absolute atomic E-state index is 0.558. The van der Waals surface area contributed by atoms with E-state index in [4.69, 9.17) is 15.2 Å². The lowest BCUT2D eigenvalue weighted by Crippen LogP contribution is -2.38. The van der Waals surface area contributed by atoms with Crippen LogP contribution in [-0.2, 0) is 9.47 Å². The Morgan fingerprint density at radius 2 is 2.15 bits per heavy atom. The largest absolute Gasteiger partial charge is 0.492 e. The monoisotopic (exact) mass is 279 g/mol. The maximum Gasteiger partial charge on any atom is 0.120 e. The van der Waals surface area contributed by atoms with Crippen molar-refractivity contribution in [3.63, 3.8) is 0 Å². The van der Waals surface area contributed by atoms with Crippen LogP contribution in [0, 0.1) is 0 Å². The Bertz CT molecular complexity index is 383. The van der Waals surface area contributed by atoms with Gasteiger partial charge in [0.25, 0.3) is 0 Å². The number of hydrogen-bond acceptors (Lipinski definition) is 4. The molecule has 0 bridgehead atoms. The molecule has 0 amide bonds. The third-order valence-electron chi connectivity index (χ3n) is 2.94. The fraction of sp³-hybridized carbons (Fsp3) is 0.533. The number of amidine groups is 1. The molecule has 0 radical (unpaired) electrons. The van der Waals surface area contributed by atoms with E-state index in [1.54, 1.807) is 12.2 Å². The molecule has 1 heterocycles. The van der Waals surface area contributed by atoms with Crippen molar-refractivity contribution in [1.82, 2.24) is 4.90 Å². The molecule has 1 rings (SSSR count). The van der Waals surface area contributed by atoms with E-state index < -0.39 is 0 Å². The van der Waals surface area contributed by atoms with Crippen molar-refractivity contribution >= 4 is 5.84 Å². The number of rotatable bonds is 8. The Balaban J connectivity index is 2.38. The van der Waals surface area contributed by atoms with Gasteiger partial charge >= 0.3 is 0 Å². The summed E-state index contributed by atoms with van der Waals surface area (Å²) in [6, 6.07) is 0. The number of aliphatic imine (C=N–C) groups is 1. The lowest BCUT2D eigenvalue weighted by atomic mass is 10.3. The maximum atomic E-state index is 5.67. The van der Waals surface area contributed by atoms with Gasteiger partial charge in [0.1, 0.15) is 12.4 Å². The van der Waals surface area contributed by atoms with Crippen molar-refractivity contribution in [2.45, 2.75) is 13.3 Å². The molecule has 0 aromatic rings. The summed E-state index contributed by atoms with van der Waals surface area (Å²) in [5, 5.41) is 0. The van der Waals surface area contributed by atoms with Gasteiger partial charge in [-0.25, -0.2) is 4.99 Å². The highest BCUT2D eigenvalue weighted by Crippen LogP contribution is 2.06. The summed E-state index contributed by atoms with van der Waals surface area (Å²) in [7, 11) is 0. The van der Waals surface area contributed by atoms with Crippen LogP contribution in [0.25, 0.3) is 0 Å². The summed E-state index contributed by atoms with van der Waals surface area (Å²) in [6.45, 7) is 14.5. The zero-order chi connectivity index (χ0) is 14.8. The molecule has 5 heteroatoms. The van der Waals surface area contributed by atoms with Crippen LogP contribution in [0.15, 0.2) is 41.8 Å². The van der Waals surface area contributed by atoms with Crippen molar-refractivity contribution in [1.29, 1.82) is 0 Å². The Hall–Kier alpha value is -1.59. The zero-order valence-corrected chi connectivity index (χ0v) is 12.3. The third-order valence-corrected chi connectivity index (χ3v) is 2.94. The standard InChI is InChI=1S/C15H25N3O2/c1-4-14(12-13(3)17-15(16)5-2)20-11-8-18-6-9-19-10-7-18/h4,12H,1,3,5-11H2,2H3,(H2,16,17)/b14-12+. The van der Waals surface area contributed by atoms with E-state index in [0.717, 1.165) is 32.8 Å². The van der Waals surface area contributed by atoms with Gasteiger partial charge < -0.3 is 15.2 Å². The van der Waals surface area contributed by atoms with Crippen LogP contribution in [0.4, 0.5) is 0 Å². The topological polar surface area (TPSA) is 60.1 Å². The second-order valence-electron chi connectivity index (χ2n) is 4.50.